The molecule has 0 radical (unpaired) electrons. The van der Waals surface area contributed by atoms with Crippen LogP contribution in [0.15, 0.2) is 47.5 Å². The fourth-order valence-corrected chi connectivity index (χ4v) is 2.24. The average Bonchev–Trinajstić information content (AvgIpc) is 2.90. The fourth-order valence-electron chi connectivity index (χ4n) is 2.18. The van der Waals surface area contributed by atoms with Gasteiger partial charge in [-0.1, -0.05) is 18.2 Å². The Bertz CT molecular complexity index is 820. The van der Waals surface area contributed by atoms with Crippen LogP contribution in [0.4, 0.5) is 5.69 Å². The van der Waals surface area contributed by atoms with Crippen molar-refractivity contribution in [1.82, 2.24) is 9.97 Å². The molecule has 3 aromatic rings. The number of amidine groups is 1. The maximum Gasteiger partial charge on any atom is 0.138 e. The zero-order chi connectivity index (χ0) is 14.8. The molecule has 1 aromatic heterocycles. The van der Waals surface area contributed by atoms with E-state index < -0.39 is 0 Å². The van der Waals surface area contributed by atoms with Crippen LogP contribution in [0.3, 0.4) is 0 Å². The Hall–Kier alpha value is -2.33. The largest absolute Gasteiger partial charge is 0.386 e. The summed E-state index contributed by atoms with van der Waals surface area (Å²) in [4.78, 5) is 12.2. The third kappa shape index (κ3) is 2.90. The SMILES string of the molecule is Cc1ccc2nc(-c3cccc(N=C(N)CCl)c3)[nH]c2c1. The van der Waals surface area contributed by atoms with Gasteiger partial charge in [0.2, 0.25) is 0 Å². The van der Waals surface area contributed by atoms with Gasteiger partial charge in [-0.25, -0.2) is 9.98 Å². The summed E-state index contributed by atoms with van der Waals surface area (Å²) in [6.07, 6.45) is 0. The number of nitrogens with two attached hydrogens (primary N) is 1. The lowest BCUT2D eigenvalue weighted by molar-refractivity contribution is 1.33. The third-order valence-corrected chi connectivity index (χ3v) is 3.44. The van der Waals surface area contributed by atoms with E-state index in [0.717, 1.165) is 28.1 Å². The number of alkyl halides is 1. The molecule has 0 amide bonds. The van der Waals surface area contributed by atoms with Crippen LogP contribution in [-0.2, 0) is 0 Å². The van der Waals surface area contributed by atoms with Gasteiger partial charge in [-0.15, -0.1) is 11.6 Å². The van der Waals surface area contributed by atoms with Gasteiger partial charge in [-0.2, -0.15) is 0 Å². The van der Waals surface area contributed by atoms with E-state index in [2.05, 4.69) is 34.0 Å². The topological polar surface area (TPSA) is 67.1 Å². The van der Waals surface area contributed by atoms with Crippen molar-refractivity contribution in [3.8, 4) is 11.4 Å². The van der Waals surface area contributed by atoms with Crippen LogP contribution in [-0.4, -0.2) is 21.7 Å². The predicted octanol–water partition coefficient (Wildman–Crippen LogP) is 3.77. The predicted molar refractivity (Wildman–Crippen MR) is 88.3 cm³/mol. The zero-order valence-corrected chi connectivity index (χ0v) is 12.4. The molecule has 106 valence electrons. The van der Waals surface area contributed by atoms with E-state index >= 15 is 0 Å². The highest BCUT2D eigenvalue weighted by Gasteiger charge is 2.06. The van der Waals surface area contributed by atoms with Gasteiger partial charge in [-0.05, 0) is 36.8 Å². The normalized spacial score (nSPS) is 12.0. The summed E-state index contributed by atoms with van der Waals surface area (Å²) in [5.74, 6) is 1.43. The standard InChI is InChI=1S/C16H15ClN4/c1-10-5-6-13-14(7-10)21-16(20-13)11-3-2-4-12(8-11)19-15(18)9-17/h2-8H,9H2,1H3,(H2,18,19)(H,20,21). The molecule has 3 rings (SSSR count). The van der Waals surface area contributed by atoms with Gasteiger partial charge >= 0.3 is 0 Å². The van der Waals surface area contributed by atoms with Gasteiger partial charge in [-0.3, -0.25) is 0 Å². The van der Waals surface area contributed by atoms with E-state index in [-0.39, 0.29) is 5.88 Å². The number of imidazole rings is 1. The highest BCUT2D eigenvalue weighted by molar-refractivity contribution is 6.28. The number of halogens is 1. The molecule has 0 unspecified atom stereocenters. The van der Waals surface area contributed by atoms with Gasteiger partial charge in [0.15, 0.2) is 0 Å². The summed E-state index contributed by atoms with van der Waals surface area (Å²) < 4.78 is 0. The maximum absolute atomic E-state index is 5.67. The molecule has 5 heteroatoms. The van der Waals surface area contributed by atoms with E-state index in [9.17, 15) is 0 Å². The van der Waals surface area contributed by atoms with Gasteiger partial charge in [0.1, 0.15) is 11.7 Å². The summed E-state index contributed by atoms with van der Waals surface area (Å²) in [6.45, 7) is 2.06. The summed E-state index contributed by atoms with van der Waals surface area (Å²) in [5.41, 5.74) is 10.6. The molecule has 4 nitrogen and oxygen atoms in total. The molecule has 0 atom stereocenters. The lowest BCUT2D eigenvalue weighted by Crippen LogP contribution is -2.12. The highest BCUT2D eigenvalue weighted by atomic mass is 35.5. The molecule has 0 aliphatic carbocycles. The molecule has 0 bridgehead atoms. The second kappa shape index (κ2) is 5.58. The van der Waals surface area contributed by atoms with Crippen molar-refractivity contribution >= 4 is 34.2 Å². The van der Waals surface area contributed by atoms with Crippen molar-refractivity contribution in [2.24, 2.45) is 10.7 Å². The van der Waals surface area contributed by atoms with E-state index in [1.807, 2.05) is 30.3 Å². The summed E-state index contributed by atoms with van der Waals surface area (Å²) in [6, 6.07) is 13.9. The Kier molecular flexibility index (Phi) is 3.62. The Labute approximate surface area is 127 Å². The zero-order valence-electron chi connectivity index (χ0n) is 11.6. The number of nitrogens with zero attached hydrogens (tertiary/aromatic N) is 2. The van der Waals surface area contributed by atoms with Crippen molar-refractivity contribution in [1.29, 1.82) is 0 Å². The number of fused-ring (bicyclic) bond motifs is 1. The van der Waals surface area contributed by atoms with Crippen molar-refractivity contribution in [3.63, 3.8) is 0 Å². The first-order chi connectivity index (χ1) is 10.2. The molecule has 0 saturated heterocycles. The minimum Gasteiger partial charge on any atom is -0.386 e. The molecule has 0 aliphatic heterocycles. The monoisotopic (exact) mass is 298 g/mol. The first-order valence-electron chi connectivity index (χ1n) is 6.61. The van der Waals surface area contributed by atoms with Crippen LogP contribution in [0.5, 0.6) is 0 Å². The first kappa shape index (κ1) is 13.6. The lowest BCUT2D eigenvalue weighted by Gasteiger charge is -2.00. The van der Waals surface area contributed by atoms with E-state index in [4.69, 9.17) is 17.3 Å². The quantitative estimate of drug-likeness (QED) is 0.439. The summed E-state index contributed by atoms with van der Waals surface area (Å²) in [5, 5.41) is 0. The number of hydrogen-bond donors (Lipinski definition) is 2. The molecule has 2 aromatic carbocycles. The van der Waals surface area contributed by atoms with Crippen LogP contribution in [0, 0.1) is 6.92 Å². The number of aryl methyl sites for hydroxylation is 1. The number of aromatic amines is 1. The second-order valence-electron chi connectivity index (χ2n) is 4.89. The van der Waals surface area contributed by atoms with Gasteiger partial charge < -0.3 is 10.7 Å². The molecule has 0 aliphatic rings. The minimum atomic E-state index is 0.216. The number of rotatable bonds is 3. The highest BCUT2D eigenvalue weighted by Crippen LogP contribution is 2.24. The molecule has 0 fully saturated rings. The van der Waals surface area contributed by atoms with E-state index in [1.165, 1.54) is 5.56 Å². The molecule has 0 saturated carbocycles. The first-order valence-corrected chi connectivity index (χ1v) is 7.15. The van der Waals surface area contributed by atoms with Crippen molar-refractivity contribution in [3.05, 3.63) is 48.0 Å². The number of nitrogens with one attached hydrogen (secondary N) is 1. The van der Waals surface area contributed by atoms with Crippen LogP contribution in [0.1, 0.15) is 5.56 Å². The van der Waals surface area contributed by atoms with Gasteiger partial charge in [0.05, 0.1) is 22.6 Å². The Balaban J connectivity index is 2.04. The lowest BCUT2D eigenvalue weighted by atomic mass is 10.2. The van der Waals surface area contributed by atoms with Crippen molar-refractivity contribution < 1.29 is 0 Å². The molecule has 1 heterocycles. The smallest absolute Gasteiger partial charge is 0.138 e. The molecular formula is C16H15ClN4. The number of aromatic nitrogens is 2. The third-order valence-electron chi connectivity index (χ3n) is 3.17. The molecule has 3 N–H and O–H groups in total. The number of benzene rings is 2. The van der Waals surface area contributed by atoms with Crippen LogP contribution in [0.25, 0.3) is 22.4 Å². The second-order valence-corrected chi connectivity index (χ2v) is 5.16. The number of hydrogen-bond acceptors (Lipinski definition) is 2. The van der Waals surface area contributed by atoms with Crippen molar-refractivity contribution in [2.45, 2.75) is 6.92 Å². The summed E-state index contributed by atoms with van der Waals surface area (Å²) in [7, 11) is 0. The molecular weight excluding hydrogens is 284 g/mol. The number of H-pyrrole nitrogens is 1. The maximum atomic E-state index is 5.67. The fraction of sp³-hybridized carbons (Fsp3) is 0.125. The molecule has 21 heavy (non-hydrogen) atoms. The number of aliphatic imine (C=N–C) groups is 1. The van der Waals surface area contributed by atoms with Gasteiger partial charge in [0, 0.05) is 5.56 Å². The van der Waals surface area contributed by atoms with Crippen LogP contribution >= 0.6 is 11.6 Å². The Morgan fingerprint density at radius 1 is 1.29 bits per heavy atom. The Morgan fingerprint density at radius 3 is 2.95 bits per heavy atom. The average molecular weight is 299 g/mol. The Morgan fingerprint density at radius 2 is 2.14 bits per heavy atom. The summed E-state index contributed by atoms with van der Waals surface area (Å²) >= 11 is 5.65. The van der Waals surface area contributed by atoms with E-state index in [0.29, 0.717) is 5.84 Å². The van der Waals surface area contributed by atoms with Gasteiger partial charge in [0.25, 0.3) is 0 Å². The minimum absolute atomic E-state index is 0.216. The van der Waals surface area contributed by atoms with Crippen LogP contribution < -0.4 is 5.73 Å². The molecule has 0 spiro atoms. The van der Waals surface area contributed by atoms with E-state index in [1.54, 1.807) is 0 Å². The van der Waals surface area contributed by atoms with Crippen molar-refractivity contribution in [2.75, 3.05) is 5.88 Å². The van der Waals surface area contributed by atoms with Crippen LogP contribution in [0.2, 0.25) is 0 Å².